The Morgan fingerprint density at radius 2 is 2.12 bits per heavy atom. The molecule has 4 heterocycles. The second kappa shape index (κ2) is 7.32. The molecule has 0 radical (unpaired) electrons. The molecule has 4 aromatic rings. The molecule has 3 aromatic heterocycles. The van der Waals surface area contributed by atoms with E-state index in [1.54, 1.807) is 25.3 Å². The Labute approximate surface area is 186 Å². The summed E-state index contributed by atoms with van der Waals surface area (Å²) in [5, 5.41) is 14.5. The van der Waals surface area contributed by atoms with Gasteiger partial charge in [0.05, 0.1) is 22.4 Å². The van der Waals surface area contributed by atoms with E-state index in [9.17, 15) is 14.4 Å². The highest BCUT2D eigenvalue weighted by atomic mass is 35.5. The molecule has 0 amide bonds. The van der Waals surface area contributed by atoms with Gasteiger partial charge in [0.15, 0.2) is 11.6 Å². The number of rotatable bonds is 3. The van der Waals surface area contributed by atoms with Crippen LogP contribution in [0.25, 0.3) is 11.2 Å². The lowest BCUT2D eigenvalue weighted by molar-refractivity contribution is 0.422. The number of fused-ring (bicyclic) bond motifs is 1. The predicted octanol–water partition coefficient (Wildman–Crippen LogP) is 2.78. The molecule has 2 N–H and O–H groups in total. The van der Waals surface area contributed by atoms with Gasteiger partial charge >= 0.3 is 0 Å². The van der Waals surface area contributed by atoms with Crippen LogP contribution in [-0.4, -0.2) is 30.7 Å². The smallest absolute Gasteiger partial charge is 0.284 e. The summed E-state index contributed by atoms with van der Waals surface area (Å²) in [6.45, 7) is 2.25. The first-order valence-corrected chi connectivity index (χ1v) is 10.1. The lowest BCUT2D eigenvalue weighted by Crippen LogP contribution is -2.45. The fourth-order valence-corrected chi connectivity index (χ4v) is 4.18. The van der Waals surface area contributed by atoms with Crippen molar-refractivity contribution in [1.82, 2.24) is 24.1 Å². The van der Waals surface area contributed by atoms with Gasteiger partial charge in [0, 0.05) is 12.7 Å². The van der Waals surface area contributed by atoms with Crippen molar-refractivity contribution in [2.75, 3.05) is 17.2 Å². The summed E-state index contributed by atoms with van der Waals surface area (Å²) in [4.78, 5) is 23.6. The molecular formula is C21H16ClFN8O. The number of halogens is 2. The molecule has 9 nitrogen and oxygen atoms in total. The number of nitrogen functional groups attached to an aromatic ring is 1. The Hall–Kier alpha value is -3.97. The molecule has 160 valence electrons. The number of hydrogen-bond donors (Lipinski definition) is 1. The summed E-state index contributed by atoms with van der Waals surface area (Å²) in [6, 6.07) is 9.00. The van der Waals surface area contributed by atoms with E-state index in [0.717, 1.165) is 0 Å². The number of nitrogens with two attached hydrogens (primary N) is 1. The van der Waals surface area contributed by atoms with Gasteiger partial charge in [-0.25, -0.2) is 13.9 Å². The fourth-order valence-electron chi connectivity index (χ4n) is 3.95. The monoisotopic (exact) mass is 450 g/mol. The Morgan fingerprint density at radius 1 is 1.31 bits per heavy atom. The van der Waals surface area contributed by atoms with Crippen LogP contribution in [0.2, 0.25) is 5.02 Å². The van der Waals surface area contributed by atoms with Crippen LogP contribution in [-0.2, 0) is 0 Å². The molecule has 11 heteroatoms. The molecule has 1 saturated heterocycles. The predicted molar refractivity (Wildman–Crippen MR) is 116 cm³/mol. The van der Waals surface area contributed by atoms with E-state index in [1.807, 2.05) is 4.90 Å². The van der Waals surface area contributed by atoms with Crippen molar-refractivity contribution in [3.63, 3.8) is 0 Å². The number of nitrogens with zero attached hydrogens (tertiary/aromatic N) is 7. The summed E-state index contributed by atoms with van der Waals surface area (Å²) < 4.78 is 16.8. The molecule has 1 aliphatic heterocycles. The summed E-state index contributed by atoms with van der Waals surface area (Å²) in [7, 11) is 0. The van der Waals surface area contributed by atoms with E-state index in [0.29, 0.717) is 41.6 Å². The van der Waals surface area contributed by atoms with Crippen molar-refractivity contribution >= 4 is 28.9 Å². The highest BCUT2D eigenvalue weighted by Gasteiger charge is 2.37. The van der Waals surface area contributed by atoms with Crippen molar-refractivity contribution in [3.05, 3.63) is 74.8 Å². The van der Waals surface area contributed by atoms with Gasteiger partial charge in [-0.1, -0.05) is 17.7 Å². The molecule has 1 aliphatic rings. The van der Waals surface area contributed by atoms with Gasteiger partial charge in [0.1, 0.15) is 23.0 Å². The first-order valence-electron chi connectivity index (χ1n) is 9.75. The van der Waals surface area contributed by atoms with E-state index >= 15 is 0 Å². The zero-order valence-electron chi connectivity index (χ0n) is 16.8. The van der Waals surface area contributed by atoms with Crippen LogP contribution in [0.3, 0.4) is 0 Å². The van der Waals surface area contributed by atoms with Crippen molar-refractivity contribution in [1.29, 1.82) is 5.26 Å². The van der Waals surface area contributed by atoms with Gasteiger partial charge in [-0.15, -0.1) is 0 Å². The van der Waals surface area contributed by atoms with Crippen molar-refractivity contribution < 1.29 is 4.39 Å². The standard InChI is InChI=1S/C21H16ClFN8O/c1-11-14(10-24)18(27-21(25)26-11)29-7-6-16(29)19-28-30-8-5-15(22)17(30)20(32)31(19)13-4-2-3-12(23)9-13/h2-5,8-9,16H,6-7H2,1H3,(H2,25,26,27)/t16-/m0/s1. The van der Waals surface area contributed by atoms with Crippen LogP contribution in [0.5, 0.6) is 0 Å². The second-order valence-corrected chi connectivity index (χ2v) is 7.82. The second-order valence-electron chi connectivity index (χ2n) is 7.41. The third kappa shape index (κ3) is 2.98. The Balaban J connectivity index is 1.74. The Kier molecular flexibility index (Phi) is 4.56. The molecule has 0 saturated carbocycles. The summed E-state index contributed by atoms with van der Waals surface area (Å²) >= 11 is 6.22. The summed E-state index contributed by atoms with van der Waals surface area (Å²) in [5.41, 5.74) is 6.67. The molecule has 1 fully saturated rings. The zero-order chi connectivity index (χ0) is 22.6. The molecule has 0 aliphatic carbocycles. The van der Waals surface area contributed by atoms with Crippen LogP contribution in [0.4, 0.5) is 16.2 Å². The first-order chi connectivity index (χ1) is 15.4. The SMILES string of the molecule is Cc1nc(N)nc(N2CC[C@H]2c2nn3ccc(Cl)c3c(=O)n2-c2cccc(F)c2)c1C#N. The van der Waals surface area contributed by atoms with Gasteiger partial charge in [0.25, 0.3) is 5.56 Å². The van der Waals surface area contributed by atoms with Crippen LogP contribution in [0.15, 0.2) is 41.3 Å². The third-order valence-corrected chi connectivity index (χ3v) is 5.82. The molecule has 0 bridgehead atoms. The fraction of sp³-hybridized carbons (Fsp3) is 0.190. The molecular weight excluding hydrogens is 435 g/mol. The highest BCUT2D eigenvalue weighted by Crippen LogP contribution is 2.38. The molecule has 32 heavy (non-hydrogen) atoms. The van der Waals surface area contributed by atoms with Crippen LogP contribution < -0.4 is 16.2 Å². The quantitative estimate of drug-likeness (QED) is 0.509. The van der Waals surface area contributed by atoms with Crippen molar-refractivity contribution in [2.45, 2.75) is 19.4 Å². The maximum atomic E-state index is 14.0. The highest BCUT2D eigenvalue weighted by molar-refractivity contribution is 6.33. The molecule has 5 rings (SSSR count). The Bertz CT molecular complexity index is 1490. The van der Waals surface area contributed by atoms with E-state index < -0.39 is 17.4 Å². The van der Waals surface area contributed by atoms with Crippen molar-refractivity contribution in [3.8, 4) is 11.8 Å². The van der Waals surface area contributed by atoms with E-state index in [2.05, 4.69) is 21.1 Å². The molecule has 0 unspecified atom stereocenters. The van der Waals surface area contributed by atoms with E-state index in [1.165, 1.54) is 27.3 Å². The first kappa shape index (κ1) is 20.0. The van der Waals surface area contributed by atoms with Crippen LogP contribution >= 0.6 is 11.6 Å². The number of hydrogen-bond acceptors (Lipinski definition) is 7. The number of nitriles is 1. The molecule has 1 aromatic carbocycles. The number of anilines is 2. The minimum Gasteiger partial charge on any atom is -0.368 e. The van der Waals surface area contributed by atoms with Gasteiger partial charge in [-0.05, 0) is 37.6 Å². The van der Waals surface area contributed by atoms with Gasteiger partial charge in [0.2, 0.25) is 5.95 Å². The maximum absolute atomic E-state index is 14.0. The molecule has 0 spiro atoms. The normalized spacial score (nSPS) is 15.6. The van der Waals surface area contributed by atoms with Gasteiger partial charge in [-0.3, -0.25) is 9.36 Å². The number of aryl methyl sites for hydroxylation is 1. The average molecular weight is 451 g/mol. The topological polar surface area (TPSA) is 118 Å². The van der Waals surface area contributed by atoms with Crippen molar-refractivity contribution in [2.24, 2.45) is 0 Å². The van der Waals surface area contributed by atoms with E-state index in [-0.39, 0.29) is 16.5 Å². The molecule has 1 atom stereocenters. The minimum atomic E-state index is -0.488. The van der Waals surface area contributed by atoms with Crippen LogP contribution in [0, 0.1) is 24.1 Å². The van der Waals surface area contributed by atoms with E-state index in [4.69, 9.17) is 17.3 Å². The lowest BCUT2D eigenvalue weighted by atomic mass is 10.0. The zero-order valence-corrected chi connectivity index (χ0v) is 17.6. The van der Waals surface area contributed by atoms with Gasteiger partial charge in [-0.2, -0.15) is 15.3 Å². The third-order valence-electron chi connectivity index (χ3n) is 5.52. The van der Waals surface area contributed by atoms with Gasteiger partial charge < -0.3 is 10.6 Å². The largest absolute Gasteiger partial charge is 0.368 e. The Morgan fingerprint density at radius 3 is 2.81 bits per heavy atom. The number of benzene rings is 1. The van der Waals surface area contributed by atoms with Crippen LogP contribution in [0.1, 0.15) is 29.5 Å². The average Bonchev–Trinajstić information content (AvgIpc) is 3.08. The maximum Gasteiger partial charge on any atom is 0.284 e. The number of aromatic nitrogens is 5. The lowest BCUT2D eigenvalue weighted by Gasteiger charge is -2.42. The minimum absolute atomic E-state index is 0.0465. The summed E-state index contributed by atoms with van der Waals surface area (Å²) in [6.07, 6.45) is 2.23. The summed E-state index contributed by atoms with van der Waals surface area (Å²) in [5.74, 6) is 0.299.